The summed E-state index contributed by atoms with van der Waals surface area (Å²) in [7, 11) is 0. The number of hydrogen-bond acceptors (Lipinski definition) is 3. The van der Waals surface area contributed by atoms with Crippen LogP contribution in [-0.2, 0) is 14.3 Å². The minimum Gasteiger partial charge on any atom is -0.378 e. The van der Waals surface area contributed by atoms with E-state index in [2.05, 4.69) is 5.32 Å². The summed E-state index contributed by atoms with van der Waals surface area (Å²) in [5, 5.41) is 2.70. The number of aryl methyl sites for hydroxylation is 2. The molecule has 5 heteroatoms. The van der Waals surface area contributed by atoms with Gasteiger partial charge in [0.05, 0.1) is 13.2 Å². The number of para-hydroxylation sites is 1. The molecule has 1 heterocycles. The first-order valence-corrected chi connectivity index (χ1v) is 6.34. The van der Waals surface area contributed by atoms with Gasteiger partial charge in [0, 0.05) is 18.8 Å². The lowest BCUT2D eigenvalue weighted by molar-refractivity contribution is -0.145. The topological polar surface area (TPSA) is 58.6 Å². The maximum Gasteiger partial charge on any atom is 0.313 e. The van der Waals surface area contributed by atoms with Gasteiger partial charge in [0.2, 0.25) is 0 Å². The number of anilines is 1. The van der Waals surface area contributed by atoms with Gasteiger partial charge in [-0.2, -0.15) is 0 Å². The van der Waals surface area contributed by atoms with Gasteiger partial charge < -0.3 is 15.0 Å². The van der Waals surface area contributed by atoms with Crippen LogP contribution in [0.25, 0.3) is 0 Å². The molecule has 0 atom stereocenters. The molecule has 0 radical (unpaired) electrons. The van der Waals surface area contributed by atoms with E-state index in [4.69, 9.17) is 4.74 Å². The zero-order valence-electron chi connectivity index (χ0n) is 11.2. The normalized spacial score (nSPS) is 15.2. The minimum absolute atomic E-state index is 0.471. The molecular weight excluding hydrogens is 244 g/mol. The molecule has 102 valence electrons. The van der Waals surface area contributed by atoms with Crippen LogP contribution >= 0.6 is 0 Å². The third-order valence-electron chi connectivity index (χ3n) is 3.21. The average Bonchev–Trinajstić information content (AvgIpc) is 2.43. The zero-order chi connectivity index (χ0) is 13.8. The number of benzene rings is 1. The lowest BCUT2D eigenvalue weighted by Gasteiger charge is -2.26. The van der Waals surface area contributed by atoms with Gasteiger partial charge in [-0.25, -0.2) is 0 Å². The average molecular weight is 262 g/mol. The highest BCUT2D eigenvalue weighted by Gasteiger charge is 2.24. The quantitative estimate of drug-likeness (QED) is 0.771. The molecule has 0 aliphatic carbocycles. The summed E-state index contributed by atoms with van der Waals surface area (Å²) in [6, 6.07) is 5.73. The number of ether oxygens (including phenoxy) is 1. The summed E-state index contributed by atoms with van der Waals surface area (Å²) in [6.07, 6.45) is 0. The van der Waals surface area contributed by atoms with Gasteiger partial charge in [-0.05, 0) is 25.0 Å². The van der Waals surface area contributed by atoms with E-state index in [0.29, 0.717) is 32.0 Å². The van der Waals surface area contributed by atoms with Crippen molar-refractivity contribution in [2.24, 2.45) is 0 Å². The molecule has 1 aromatic carbocycles. The minimum atomic E-state index is -0.584. The molecular formula is C14H18N2O3. The van der Waals surface area contributed by atoms with Gasteiger partial charge in [0.1, 0.15) is 0 Å². The molecule has 0 unspecified atom stereocenters. The van der Waals surface area contributed by atoms with E-state index in [-0.39, 0.29) is 0 Å². The summed E-state index contributed by atoms with van der Waals surface area (Å²) in [6.45, 7) is 5.73. The van der Waals surface area contributed by atoms with Crippen LogP contribution in [0.2, 0.25) is 0 Å². The predicted octanol–water partition coefficient (Wildman–Crippen LogP) is 1.10. The van der Waals surface area contributed by atoms with Crippen molar-refractivity contribution in [3.05, 3.63) is 29.3 Å². The Bertz CT molecular complexity index is 473. The molecule has 0 bridgehead atoms. The van der Waals surface area contributed by atoms with Crippen LogP contribution in [0, 0.1) is 13.8 Å². The van der Waals surface area contributed by atoms with Crippen LogP contribution in [0.15, 0.2) is 18.2 Å². The number of amides is 2. The van der Waals surface area contributed by atoms with E-state index in [1.54, 1.807) is 0 Å². The fourth-order valence-electron chi connectivity index (χ4n) is 2.09. The highest BCUT2D eigenvalue weighted by Crippen LogP contribution is 2.19. The van der Waals surface area contributed by atoms with Crippen molar-refractivity contribution in [3.8, 4) is 0 Å². The molecule has 5 nitrogen and oxygen atoms in total. The van der Waals surface area contributed by atoms with Crippen molar-refractivity contribution in [1.29, 1.82) is 0 Å². The van der Waals surface area contributed by atoms with Crippen LogP contribution in [0.3, 0.4) is 0 Å². The number of nitrogens with one attached hydrogen (secondary N) is 1. The van der Waals surface area contributed by atoms with E-state index >= 15 is 0 Å². The second-order valence-electron chi connectivity index (χ2n) is 4.63. The first-order valence-electron chi connectivity index (χ1n) is 6.34. The number of morpholine rings is 1. The summed E-state index contributed by atoms with van der Waals surface area (Å²) < 4.78 is 5.16. The smallest absolute Gasteiger partial charge is 0.313 e. The number of nitrogens with zero attached hydrogens (tertiary/aromatic N) is 1. The molecule has 0 spiro atoms. The highest BCUT2D eigenvalue weighted by molar-refractivity contribution is 6.39. The molecule has 1 aliphatic rings. The summed E-state index contributed by atoms with van der Waals surface area (Å²) >= 11 is 0. The first-order chi connectivity index (χ1) is 9.09. The third-order valence-corrected chi connectivity index (χ3v) is 3.21. The second-order valence-corrected chi connectivity index (χ2v) is 4.63. The lowest BCUT2D eigenvalue weighted by Crippen LogP contribution is -2.46. The largest absolute Gasteiger partial charge is 0.378 e. The van der Waals surface area contributed by atoms with Gasteiger partial charge in [-0.15, -0.1) is 0 Å². The fourth-order valence-corrected chi connectivity index (χ4v) is 2.09. The Morgan fingerprint density at radius 3 is 2.32 bits per heavy atom. The van der Waals surface area contributed by atoms with E-state index in [0.717, 1.165) is 11.1 Å². The molecule has 2 rings (SSSR count). The van der Waals surface area contributed by atoms with Crippen LogP contribution in [0.5, 0.6) is 0 Å². The number of hydrogen-bond donors (Lipinski definition) is 1. The standard InChI is InChI=1S/C14H18N2O3/c1-10-4-3-5-11(2)12(10)15-13(17)14(18)16-6-8-19-9-7-16/h3-5H,6-9H2,1-2H3,(H,15,17). The van der Waals surface area contributed by atoms with Crippen molar-refractivity contribution in [2.45, 2.75) is 13.8 Å². The van der Waals surface area contributed by atoms with E-state index in [1.807, 2.05) is 32.0 Å². The van der Waals surface area contributed by atoms with Gasteiger partial charge in [0.25, 0.3) is 0 Å². The zero-order valence-corrected chi connectivity index (χ0v) is 11.2. The second kappa shape index (κ2) is 5.84. The third kappa shape index (κ3) is 3.12. The van der Waals surface area contributed by atoms with Crippen molar-refractivity contribution in [2.75, 3.05) is 31.6 Å². The molecule has 0 aromatic heterocycles. The van der Waals surface area contributed by atoms with Gasteiger partial charge in [0.15, 0.2) is 0 Å². The van der Waals surface area contributed by atoms with E-state index in [1.165, 1.54) is 4.90 Å². The number of rotatable bonds is 1. The Kier molecular flexibility index (Phi) is 4.16. The maximum atomic E-state index is 12.0. The molecule has 1 aliphatic heterocycles. The summed E-state index contributed by atoms with van der Waals surface area (Å²) in [4.78, 5) is 25.5. The molecule has 1 fully saturated rings. The Morgan fingerprint density at radius 1 is 1.16 bits per heavy atom. The number of carbonyl (C=O) groups is 2. The Morgan fingerprint density at radius 2 is 1.74 bits per heavy atom. The monoisotopic (exact) mass is 262 g/mol. The van der Waals surface area contributed by atoms with Crippen molar-refractivity contribution < 1.29 is 14.3 Å². The van der Waals surface area contributed by atoms with Crippen LogP contribution in [-0.4, -0.2) is 43.0 Å². The van der Waals surface area contributed by atoms with Gasteiger partial charge in [-0.1, -0.05) is 18.2 Å². The Balaban J connectivity index is 2.06. The Hall–Kier alpha value is -1.88. The number of carbonyl (C=O) groups excluding carboxylic acids is 2. The molecule has 0 saturated carbocycles. The summed E-state index contributed by atoms with van der Waals surface area (Å²) in [5.41, 5.74) is 2.61. The van der Waals surface area contributed by atoms with Crippen molar-refractivity contribution >= 4 is 17.5 Å². The summed E-state index contributed by atoms with van der Waals surface area (Å²) in [5.74, 6) is -1.08. The highest BCUT2D eigenvalue weighted by atomic mass is 16.5. The van der Waals surface area contributed by atoms with E-state index < -0.39 is 11.8 Å². The van der Waals surface area contributed by atoms with Crippen LogP contribution < -0.4 is 5.32 Å². The van der Waals surface area contributed by atoms with Crippen molar-refractivity contribution in [1.82, 2.24) is 4.90 Å². The van der Waals surface area contributed by atoms with Crippen LogP contribution in [0.4, 0.5) is 5.69 Å². The molecule has 1 saturated heterocycles. The first kappa shape index (κ1) is 13.5. The fraction of sp³-hybridized carbons (Fsp3) is 0.429. The predicted molar refractivity (Wildman–Crippen MR) is 71.9 cm³/mol. The molecule has 2 amide bonds. The van der Waals surface area contributed by atoms with E-state index in [9.17, 15) is 9.59 Å². The van der Waals surface area contributed by atoms with Gasteiger partial charge in [-0.3, -0.25) is 9.59 Å². The maximum absolute atomic E-state index is 12.0. The molecule has 1 aromatic rings. The van der Waals surface area contributed by atoms with Gasteiger partial charge >= 0.3 is 11.8 Å². The van der Waals surface area contributed by atoms with Crippen LogP contribution in [0.1, 0.15) is 11.1 Å². The lowest BCUT2D eigenvalue weighted by atomic mass is 10.1. The molecule has 19 heavy (non-hydrogen) atoms. The SMILES string of the molecule is Cc1cccc(C)c1NC(=O)C(=O)N1CCOCC1. The molecule has 1 N–H and O–H groups in total. The van der Waals surface area contributed by atoms with Crippen molar-refractivity contribution in [3.63, 3.8) is 0 Å². The Labute approximate surface area is 112 Å².